The SMILES string of the molecule is CN=C(NCc1ccc(F)c(COC)c1)N1CCOC(C2CCCO2)C1.I. The molecule has 152 valence electrons. The van der Waals surface area contributed by atoms with E-state index in [-0.39, 0.29) is 48.6 Å². The molecule has 2 fully saturated rings. The molecule has 0 bridgehead atoms. The van der Waals surface area contributed by atoms with E-state index in [0.29, 0.717) is 18.7 Å². The van der Waals surface area contributed by atoms with Crippen LogP contribution in [0.1, 0.15) is 24.0 Å². The van der Waals surface area contributed by atoms with Crippen molar-refractivity contribution >= 4 is 29.9 Å². The molecular weight excluding hydrogens is 464 g/mol. The molecule has 0 aliphatic carbocycles. The molecule has 0 spiro atoms. The highest BCUT2D eigenvalue weighted by Crippen LogP contribution is 2.21. The zero-order chi connectivity index (χ0) is 18.4. The van der Waals surface area contributed by atoms with Crippen molar-refractivity contribution in [2.24, 2.45) is 4.99 Å². The number of rotatable bonds is 5. The van der Waals surface area contributed by atoms with Crippen molar-refractivity contribution in [3.63, 3.8) is 0 Å². The van der Waals surface area contributed by atoms with Crippen LogP contribution in [0.25, 0.3) is 0 Å². The summed E-state index contributed by atoms with van der Waals surface area (Å²) in [7, 11) is 3.34. The first-order valence-electron chi connectivity index (χ1n) is 9.16. The molecule has 0 amide bonds. The molecule has 2 atom stereocenters. The van der Waals surface area contributed by atoms with Gasteiger partial charge in [0.05, 0.1) is 19.3 Å². The monoisotopic (exact) mass is 493 g/mol. The largest absolute Gasteiger partial charge is 0.380 e. The van der Waals surface area contributed by atoms with E-state index in [1.165, 1.54) is 6.07 Å². The Morgan fingerprint density at radius 1 is 1.33 bits per heavy atom. The van der Waals surface area contributed by atoms with Crippen molar-refractivity contribution in [2.45, 2.75) is 38.2 Å². The first-order chi connectivity index (χ1) is 12.7. The van der Waals surface area contributed by atoms with Gasteiger partial charge >= 0.3 is 0 Å². The zero-order valence-corrected chi connectivity index (χ0v) is 18.3. The third-order valence-electron chi connectivity index (χ3n) is 4.84. The van der Waals surface area contributed by atoms with E-state index in [0.717, 1.165) is 44.1 Å². The number of methoxy groups -OCH3 is 1. The molecule has 2 saturated heterocycles. The number of aliphatic imine (C=N–C) groups is 1. The van der Waals surface area contributed by atoms with Gasteiger partial charge in [-0.25, -0.2) is 4.39 Å². The Kier molecular flexibility index (Phi) is 9.20. The van der Waals surface area contributed by atoms with E-state index in [1.807, 2.05) is 6.07 Å². The number of morpholine rings is 1. The van der Waals surface area contributed by atoms with Crippen LogP contribution in [0.2, 0.25) is 0 Å². The quantitative estimate of drug-likeness (QED) is 0.389. The summed E-state index contributed by atoms with van der Waals surface area (Å²) >= 11 is 0. The lowest BCUT2D eigenvalue weighted by Gasteiger charge is -2.37. The summed E-state index contributed by atoms with van der Waals surface area (Å²) in [6, 6.07) is 5.09. The summed E-state index contributed by atoms with van der Waals surface area (Å²) in [4.78, 5) is 6.60. The molecule has 27 heavy (non-hydrogen) atoms. The summed E-state index contributed by atoms with van der Waals surface area (Å²) < 4.78 is 30.5. The first-order valence-corrected chi connectivity index (χ1v) is 9.16. The summed E-state index contributed by atoms with van der Waals surface area (Å²) in [5.41, 5.74) is 1.55. The summed E-state index contributed by atoms with van der Waals surface area (Å²) in [5, 5.41) is 3.37. The maximum Gasteiger partial charge on any atom is 0.194 e. The van der Waals surface area contributed by atoms with E-state index >= 15 is 0 Å². The predicted octanol–water partition coefficient (Wildman–Crippen LogP) is 2.55. The van der Waals surface area contributed by atoms with Gasteiger partial charge in [-0.15, -0.1) is 24.0 Å². The van der Waals surface area contributed by atoms with E-state index in [1.54, 1.807) is 20.2 Å². The van der Waals surface area contributed by atoms with Crippen LogP contribution in [-0.4, -0.2) is 63.5 Å². The Morgan fingerprint density at radius 2 is 2.15 bits per heavy atom. The summed E-state index contributed by atoms with van der Waals surface area (Å²) in [6.45, 7) is 3.89. The number of guanidine groups is 1. The second-order valence-corrected chi connectivity index (χ2v) is 6.67. The number of hydrogen-bond acceptors (Lipinski definition) is 4. The van der Waals surface area contributed by atoms with Gasteiger partial charge in [0.15, 0.2) is 5.96 Å². The van der Waals surface area contributed by atoms with Crippen LogP contribution in [0.15, 0.2) is 23.2 Å². The van der Waals surface area contributed by atoms with Gasteiger partial charge in [-0.3, -0.25) is 4.99 Å². The lowest BCUT2D eigenvalue weighted by Crippen LogP contribution is -2.53. The lowest BCUT2D eigenvalue weighted by atomic mass is 10.1. The standard InChI is InChI=1S/C19H28FN3O3.HI/c1-21-19(22-11-14-5-6-16(20)15(10-14)13-24-2)23-7-9-26-18(12-23)17-4-3-8-25-17;/h5-6,10,17-18H,3-4,7-9,11-13H2,1-2H3,(H,21,22);1H. The van der Waals surface area contributed by atoms with Crippen LogP contribution in [0.5, 0.6) is 0 Å². The molecule has 0 saturated carbocycles. The van der Waals surface area contributed by atoms with Crippen molar-refractivity contribution in [2.75, 3.05) is 40.5 Å². The maximum absolute atomic E-state index is 13.7. The molecule has 2 unspecified atom stereocenters. The minimum atomic E-state index is -0.243. The van der Waals surface area contributed by atoms with Crippen LogP contribution >= 0.6 is 24.0 Å². The van der Waals surface area contributed by atoms with Gasteiger partial charge in [-0.1, -0.05) is 6.07 Å². The van der Waals surface area contributed by atoms with Crippen LogP contribution < -0.4 is 5.32 Å². The van der Waals surface area contributed by atoms with Gasteiger partial charge in [0.1, 0.15) is 11.9 Å². The van der Waals surface area contributed by atoms with Crippen LogP contribution in [0.3, 0.4) is 0 Å². The first kappa shape index (κ1) is 22.3. The number of hydrogen-bond donors (Lipinski definition) is 1. The highest BCUT2D eigenvalue weighted by molar-refractivity contribution is 14.0. The van der Waals surface area contributed by atoms with Crippen LogP contribution in [-0.2, 0) is 27.4 Å². The van der Waals surface area contributed by atoms with Crippen LogP contribution in [0.4, 0.5) is 4.39 Å². The number of nitrogens with zero attached hydrogens (tertiary/aromatic N) is 2. The van der Waals surface area contributed by atoms with Crippen molar-refractivity contribution in [3.05, 3.63) is 35.1 Å². The molecule has 0 radical (unpaired) electrons. The zero-order valence-electron chi connectivity index (χ0n) is 15.9. The molecule has 8 heteroatoms. The Bertz CT molecular complexity index is 626. The minimum absolute atomic E-state index is 0. The average molecular weight is 493 g/mol. The summed E-state index contributed by atoms with van der Waals surface area (Å²) in [5.74, 6) is 0.585. The molecular formula is C19H29FIN3O3. The molecule has 3 rings (SSSR count). The van der Waals surface area contributed by atoms with Crippen molar-refractivity contribution in [1.82, 2.24) is 10.2 Å². The smallest absolute Gasteiger partial charge is 0.194 e. The van der Waals surface area contributed by atoms with Gasteiger partial charge in [0.25, 0.3) is 0 Å². The van der Waals surface area contributed by atoms with Gasteiger partial charge in [0.2, 0.25) is 0 Å². The van der Waals surface area contributed by atoms with Gasteiger partial charge in [0, 0.05) is 46.0 Å². The predicted molar refractivity (Wildman–Crippen MR) is 113 cm³/mol. The van der Waals surface area contributed by atoms with Crippen LogP contribution in [0, 0.1) is 5.82 Å². The van der Waals surface area contributed by atoms with E-state index in [2.05, 4.69) is 15.2 Å². The Balaban J connectivity index is 0.00000261. The molecule has 0 aromatic heterocycles. The third kappa shape index (κ3) is 6.00. The van der Waals surface area contributed by atoms with Crippen molar-refractivity contribution in [3.8, 4) is 0 Å². The van der Waals surface area contributed by atoms with Crippen molar-refractivity contribution in [1.29, 1.82) is 0 Å². The Morgan fingerprint density at radius 3 is 2.85 bits per heavy atom. The highest BCUT2D eigenvalue weighted by Gasteiger charge is 2.32. The van der Waals surface area contributed by atoms with Crippen molar-refractivity contribution < 1.29 is 18.6 Å². The molecule has 1 aromatic carbocycles. The fourth-order valence-corrected chi connectivity index (χ4v) is 3.51. The normalized spacial score (nSPS) is 23.2. The van der Waals surface area contributed by atoms with Gasteiger partial charge < -0.3 is 24.4 Å². The highest BCUT2D eigenvalue weighted by atomic mass is 127. The fourth-order valence-electron chi connectivity index (χ4n) is 3.51. The van der Waals surface area contributed by atoms with Gasteiger partial charge in [-0.05, 0) is 30.5 Å². The van der Waals surface area contributed by atoms with E-state index in [4.69, 9.17) is 14.2 Å². The number of benzene rings is 1. The second-order valence-electron chi connectivity index (χ2n) is 6.67. The summed E-state index contributed by atoms with van der Waals surface area (Å²) in [6.07, 6.45) is 2.43. The Labute approximate surface area is 177 Å². The molecule has 2 aliphatic rings. The van der Waals surface area contributed by atoms with E-state index < -0.39 is 0 Å². The number of ether oxygens (including phenoxy) is 3. The molecule has 1 aromatic rings. The van der Waals surface area contributed by atoms with E-state index in [9.17, 15) is 4.39 Å². The number of nitrogens with one attached hydrogen (secondary N) is 1. The lowest BCUT2D eigenvalue weighted by molar-refractivity contribution is -0.0817. The molecule has 1 N–H and O–H groups in total. The third-order valence-corrected chi connectivity index (χ3v) is 4.84. The minimum Gasteiger partial charge on any atom is -0.380 e. The second kappa shape index (κ2) is 11.1. The molecule has 2 aliphatic heterocycles. The average Bonchev–Trinajstić information content (AvgIpc) is 3.20. The molecule has 6 nitrogen and oxygen atoms in total. The number of halogens is 2. The Hall–Kier alpha value is -0.970. The topological polar surface area (TPSA) is 55.3 Å². The van der Waals surface area contributed by atoms with Gasteiger partial charge in [-0.2, -0.15) is 0 Å². The fraction of sp³-hybridized carbons (Fsp3) is 0.632. The molecule has 2 heterocycles. The maximum atomic E-state index is 13.7.